The third-order valence-corrected chi connectivity index (χ3v) is 1.98. The van der Waals surface area contributed by atoms with Gasteiger partial charge in [0, 0.05) is 13.2 Å². The van der Waals surface area contributed by atoms with Crippen molar-refractivity contribution in [2.45, 2.75) is 12.8 Å². The number of rotatable bonds is 4. The number of benzene rings is 1. The van der Waals surface area contributed by atoms with E-state index in [-0.39, 0.29) is 37.2 Å². The highest BCUT2D eigenvalue weighted by atomic mass is 19.1. The summed E-state index contributed by atoms with van der Waals surface area (Å²) < 4.78 is 26.4. The molecule has 0 bridgehead atoms. The van der Waals surface area contributed by atoms with Gasteiger partial charge in [-0.2, -0.15) is 0 Å². The SMILES string of the molecule is OCCc1cc(F)c(CCO)cc1F. The number of aliphatic hydroxyl groups excluding tert-OH is 2. The fourth-order valence-electron chi connectivity index (χ4n) is 1.25. The second kappa shape index (κ2) is 5.02. The number of aliphatic hydroxyl groups is 2. The highest BCUT2D eigenvalue weighted by molar-refractivity contribution is 5.26. The molecule has 0 aliphatic carbocycles. The Bertz CT molecular complexity index is 281. The van der Waals surface area contributed by atoms with Crippen molar-refractivity contribution < 1.29 is 19.0 Å². The Morgan fingerprint density at radius 1 is 0.857 bits per heavy atom. The molecule has 0 fully saturated rings. The Balaban J connectivity index is 2.97. The van der Waals surface area contributed by atoms with Crippen LogP contribution in [0.4, 0.5) is 8.78 Å². The summed E-state index contributed by atoms with van der Waals surface area (Å²) in [5.41, 5.74) is 0.318. The topological polar surface area (TPSA) is 40.5 Å². The van der Waals surface area contributed by atoms with Crippen LogP contribution in [0.15, 0.2) is 12.1 Å². The first-order valence-corrected chi connectivity index (χ1v) is 4.37. The van der Waals surface area contributed by atoms with Gasteiger partial charge in [0.05, 0.1) is 0 Å². The molecule has 0 heterocycles. The molecule has 4 heteroatoms. The van der Waals surface area contributed by atoms with Gasteiger partial charge in [0.2, 0.25) is 0 Å². The lowest BCUT2D eigenvalue weighted by Gasteiger charge is -2.05. The lowest BCUT2D eigenvalue weighted by molar-refractivity contribution is 0.295. The fourth-order valence-corrected chi connectivity index (χ4v) is 1.25. The van der Waals surface area contributed by atoms with E-state index < -0.39 is 11.6 Å². The highest BCUT2D eigenvalue weighted by Gasteiger charge is 2.08. The van der Waals surface area contributed by atoms with Crippen LogP contribution in [-0.2, 0) is 12.8 Å². The van der Waals surface area contributed by atoms with Crippen LogP contribution in [-0.4, -0.2) is 23.4 Å². The van der Waals surface area contributed by atoms with Crippen LogP contribution in [0.5, 0.6) is 0 Å². The standard InChI is InChI=1S/C10H12F2O2/c11-9-6-8(2-4-14)10(12)5-7(9)1-3-13/h5-6,13-14H,1-4H2. The molecule has 2 nitrogen and oxygen atoms in total. The molecule has 0 spiro atoms. The molecule has 1 rings (SSSR count). The van der Waals surface area contributed by atoms with Crippen LogP contribution in [0.3, 0.4) is 0 Å². The zero-order valence-corrected chi connectivity index (χ0v) is 7.63. The second-order valence-corrected chi connectivity index (χ2v) is 2.98. The predicted octanol–water partition coefficient (Wildman–Crippen LogP) is 1.03. The molecule has 14 heavy (non-hydrogen) atoms. The summed E-state index contributed by atoms with van der Waals surface area (Å²) in [6, 6.07) is 2.13. The number of hydrogen-bond acceptors (Lipinski definition) is 2. The molecule has 0 radical (unpaired) electrons. The molecule has 78 valence electrons. The van der Waals surface area contributed by atoms with E-state index in [0.717, 1.165) is 12.1 Å². The summed E-state index contributed by atoms with van der Waals surface area (Å²) in [4.78, 5) is 0. The molecule has 0 atom stereocenters. The van der Waals surface area contributed by atoms with Crippen LogP contribution in [0, 0.1) is 11.6 Å². The molecule has 0 saturated carbocycles. The summed E-state index contributed by atoms with van der Waals surface area (Å²) in [7, 11) is 0. The predicted molar refractivity (Wildman–Crippen MR) is 47.9 cm³/mol. The molecule has 0 aliphatic rings. The first kappa shape index (κ1) is 11.1. The number of hydrogen-bond donors (Lipinski definition) is 2. The van der Waals surface area contributed by atoms with Gasteiger partial charge in [0.15, 0.2) is 0 Å². The van der Waals surface area contributed by atoms with Crippen molar-refractivity contribution in [3.63, 3.8) is 0 Å². The van der Waals surface area contributed by atoms with Crippen molar-refractivity contribution in [3.8, 4) is 0 Å². The molecular weight excluding hydrogens is 190 g/mol. The second-order valence-electron chi connectivity index (χ2n) is 2.98. The first-order chi connectivity index (χ1) is 6.69. The Kier molecular flexibility index (Phi) is 3.98. The quantitative estimate of drug-likeness (QED) is 0.765. The maximum Gasteiger partial charge on any atom is 0.126 e. The van der Waals surface area contributed by atoms with Crippen molar-refractivity contribution in [3.05, 3.63) is 34.9 Å². The van der Waals surface area contributed by atoms with Crippen LogP contribution in [0.25, 0.3) is 0 Å². The zero-order valence-electron chi connectivity index (χ0n) is 7.63. The van der Waals surface area contributed by atoms with Gasteiger partial charge in [-0.15, -0.1) is 0 Å². The van der Waals surface area contributed by atoms with Gasteiger partial charge in [0.1, 0.15) is 11.6 Å². The Morgan fingerprint density at radius 2 is 1.21 bits per heavy atom. The lowest BCUT2D eigenvalue weighted by atomic mass is 10.1. The average molecular weight is 202 g/mol. The number of halogens is 2. The summed E-state index contributed by atoms with van der Waals surface area (Å²) >= 11 is 0. The van der Waals surface area contributed by atoms with Crippen LogP contribution < -0.4 is 0 Å². The molecule has 1 aromatic carbocycles. The van der Waals surface area contributed by atoms with Gasteiger partial charge in [0.25, 0.3) is 0 Å². The van der Waals surface area contributed by atoms with E-state index in [1.165, 1.54) is 0 Å². The summed E-state index contributed by atoms with van der Waals surface area (Å²) in [5, 5.41) is 17.2. The first-order valence-electron chi connectivity index (χ1n) is 4.37. The van der Waals surface area contributed by atoms with Gasteiger partial charge in [-0.05, 0) is 36.1 Å². The normalized spacial score (nSPS) is 10.6. The molecule has 0 amide bonds. The molecule has 0 unspecified atom stereocenters. The average Bonchev–Trinajstić information content (AvgIpc) is 2.14. The molecule has 0 aromatic heterocycles. The van der Waals surface area contributed by atoms with Gasteiger partial charge in [-0.1, -0.05) is 0 Å². The molecular formula is C10H12F2O2. The van der Waals surface area contributed by atoms with Gasteiger partial charge in [-0.25, -0.2) is 8.78 Å². The van der Waals surface area contributed by atoms with E-state index in [1.807, 2.05) is 0 Å². The zero-order chi connectivity index (χ0) is 10.6. The van der Waals surface area contributed by atoms with E-state index >= 15 is 0 Å². The van der Waals surface area contributed by atoms with Gasteiger partial charge < -0.3 is 10.2 Å². The minimum Gasteiger partial charge on any atom is -0.396 e. The molecule has 0 saturated heterocycles. The van der Waals surface area contributed by atoms with E-state index in [1.54, 1.807) is 0 Å². The van der Waals surface area contributed by atoms with E-state index in [9.17, 15) is 8.78 Å². The summed E-state index contributed by atoms with van der Waals surface area (Å²) in [6.45, 7) is -0.425. The lowest BCUT2D eigenvalue weighted by Crippen LogP contribution is -2.01. The molecule has 0 aliphatic heterocycles. The van der Waals surface area contributed by atoms with Crippen molar-refractivity contribution >= 4 is 0 Å². The van der Waals surface area contributed by atoms with Crippen molar-refractivity contribution in [2.75, 3.05) is 13.2 Å². The largest absolute Gasteiger partial charge is 0.396 e. The highest BCUT2D eigenvalue weighted by Crippen LogP contribution is 2.15. The molecule has 1 aromatic rings. The Morgan fingerprint density at radius 3 is 1.50 bits per heavy atom. The maximum atomic E-state index is 13.2. The van der Waals surface area contributed by atoms with Crippen molar-refractivity contribution in [2.24, 2.45) is 0 Å². The van der Waals surface area contributed by atoms with Crippen molar-refractivity contribution in [1.29, 1.82) is 0 Å². The third-order valence-electron chi connectivity index (χ3n) is 1.98. The molecule has 2 N–H and O–H groups in total. The van der Waals surface area contributed by atoms with Gasteiger partial charge in [-0.3, -0.25) is 0 Å². The summed E-state index contributed by atoms with van der Waals surface area (Å²) in [6.07, 6.45) is 0.199. The van der Waals surface area contributed by atoms with E-state index in [2.05, 4.69) is 0 Å². The fraction of sp³-hybridized carbons (Fsp3) is 0.400. The van der Waals surface area contributed by atoms with Crippen LogP contribution in [0.2, 0.25) is 0 Å². The minimum atomic E-state index is -0.538. The van der Waals surface area contributed by atoms with Gasteiger partial charge >= 0.3 is 0 Å². The van der Waals surface area contributed by atoms with E-state index in [4.69, 9.17) is 10.2 Å². The van der Waals surface area contributed by atoms with Crippen molar-refractivity contribution in [1.82, 2.24) is 0 Å². The maximum absolute atomic E-state index is 13.2. The van der Waals surface area contributed by atoms with E-state index in [0.29, 0.717) is 0 Å². The Labute approximate surface area is 80.8 Å². The minimum absolute atomic E-state index is 0.0994. The smallest absolute Gasteiger partial charge is 0.126 e. The Hall–Kier alpha value is -1.00. The monoisotopic (exact) mass is 202 g/mol. The summed E-state index contributed by atoms with van der Waals surface area (Å²) in [5.74, 6) is -1.08. The third kappa shape index (κ3) is 2.49. The van der Waals surface area contributed by atoms with Crippen LogP contribution in [0.1, 0.15) is 11.1 Å². The van der Waals surface area contributed by atoms with Crippen LogP contribution >= 0.6 is 0 Å².